The van der Waals surface area contributed by atoms with Gasteiger partial charge in [0.25, 0.3) is 5.91 Å². The van der Waals surface area contributed by atoms with Gasteiger partial charge >= 0.3 is 0 Å². The van der Waals surface area contributed by atoms with Crippen LogP contribution in [0.4, 0.5) is 0 Å². The van der Waals surface area contributed by atoms with Crippen molar-refractivity contribution in [2.75, 3.05) is 0 Å². The number of nitrogens with zero attached hydrogens (tertiary/aromatic N) is 2. The normalized spacial score (nSPS) is 17.8. The van der Waals surface area contributed by atoms with E-state index >= 15 is 0 Å². The average molecular weight is 441 g/mol. The number of amides is 1. The van der Waals surface area contributed by atoms with Crippen LogP contribution in [0.1, 0.15) is 34.9 Å². The van der Waals surface area contributed by atoms with E-state index in [0.717, 1.165) is 29.8 Å². The SMILES string of the molecule is C=CC(=O)C1CCC(c2cn3nc(-c4ccc(Oc5ccccc5)cc4)c(C(N)=O)c3[nH]2)N1. The van der Waals surface area contributed by atoms with Crippen molar-refractivity contribution >= 4 is 17.3 Å². The van der Waals surface area contributed by atoms with E-state index in [0.29, 0.717) is 22.7 Å². The second-order valence-electron chi connectivity index (χ2n) is 7.99. The van der Waals surface area contributed by atoms with Gasteiger partial charge in [-0.2, -0.15) is 5.10 Å². The average Bonchev–Trinajstić information content (AvgIpc) is 3.54. The molecule has 0 saturated carbocycles. The third kappa shape index (κ3) is 3.92. The van der Waals surface area contributed by atoms with Gasteiger partial charge in [0.2, 0.25) is 0 Å². The first kappa shape index (κ1) is 20.7. The van der Waals surface area contributed by atoms with Crippen LogP contribution in [0.2, 0.25) is 0 Å². The molecule has 0 radical (unpaired) electrons. The van der Waals surface area contributed by atoms with E-state index in [4.69, 9.17) is 10.5 Å². The van der Waals surface area contributed by atoms with Crippen molar-refractivity contribution in [3.63, 3.8) is 0 Å². The van der Waals surface area contributed by atoms with Crippen molar-refractivity contribution in [3.8, 4) is 22.8 Å². The minimum Gasteiger partial charge on any atom is -0.457 e. The number of aromatic nitrogens is 3. The van der Waals surface area contributed by atoms with Gasteiger partial charge in [0, 0.05) is 11.6 Å². The number of aromatic amines is 1. The van der Waals surface area contributed by atoms with Crippen LogP contribution in [0.15, 0.2) is 73.4 Å². The number of carbonyl (C=O) groups is 2. The van der Waals surface area contributed by atoms with Crippen molar-refractivity contribution in [1.29, 1.82) is 0 Å². The molecule has 8 heteroatoms. The summed E-state index contributed by atoms with van der Waals surface area (Å²) in [6, 6.07) is 16.5. The Labute approximate surface area is 190 Å². The second kappa shape index (κ2) is 8.40. The molecule has 0 bridgehead atoms. The van der Waals surface area contributed by atoms with Gasteiger partial charge in [-0.05, 0) is 55.3 Å². The minimum absolute atomic E-state index is 0.0198. The van der Waals surface area contributed by atoms with E-state index in [1.54, 1.807) is 4.52 Å². The highest BCUT2D eigenvalue weighted by Gasteiger charge is 2.30. The Morgan fingerprint density at radius 1 is 1.09 bits per heavy atom. The first-order valence-electron chi connectivity index (χ1n) is 10.7. The molecule has 2 aromatic carbocycles. The second-order valence-corrected chi connectivity index (χ2v) is 7.99. The fourth-order valence-corrected chi connectivity index (χ4v) is 4.22. The number of para-hydroxylation sites is 1. The van der Waals surface area contributed by atoms with Gasteiger partial charge in [-0.1, -0.05) is 24.8 Å². The van der Waals surface area contributed by atoms with Gasteiger partial charge in [-0.25, -0.2) is 4.52 Å². The number of carbonyl (C=O) groups excluding carboxylic acids is 2. The van der Waals surface area contributed by atoms with Gasteiger partial charge in [0.1, 0.15) is 28.4 Å². The number of nitrogens with one attached hydrogen (secondary N) is 2. The molecule has 1 fully saturated rings. The Hall–Kier alpha value is -4.17. The number of benzene rings is 2. The molecule has 4 N–H and O–H groups in total. The summed E-state index contributed by atoms with van der Waals surface area (Å²) >= 11 is 0. The van der Waals surface area contributed by atoms with Crippen LogP contribution in [0.5, 0.6) is 11.5 Å². The maximum absolute atomic E-state index is 12.3. The summed E-state index contributed by atoms with van der Waals surface area (Å²) in [6.07, 6.45) is 4.68. The molecule has 1 aliphatic heterocycles. The lowest BCUT2D eigenvalue weighted by molar-refractivity contribution is -0.116. The zero-order valence-electron chi connectivity index (χ0n) is 17.8. The number of nitrogens with two attached hydrogens (primary N) is 1. The smallest absolute Gasteiger partial charge is 0.254 e. The molecule has 1 amide bonds. The Morgan fingerprint density at radius 3 is 2.52 bits per heavy atom. The third-order valence-electron chi connectivity index (χ3n) is 5.85. The lowest BCUT2D eigenvalue weighted by Gasteiger charge is -2.10. The molecule has 2 unspecified atom stereocenters. The van der Waals surface area contributed by atoms with E-state index in [1.165, 1.54) is 6.08 Å². The van der Waals surface area contributed by atoms with Crippen molar-refractivity contribution in [3.05, 3.63) is 84.7 Å². The zero-order chi connectivity index (χ0) is 22.9. The molecule has 0 aliphatic carbocycles. The Balaban J connectivity index is 1.43. The maximum Gasteiger partial charge on any atom is 0.254 e. The number of hydrogen-bond donors (Lipinski definition) is 3. The minimum atomic E-state index is -0.572. The molecule has 8 nitrogen and oxygen atoms in total. The highest BCUT2D eigenvalue weighted by Crippen LogP contribution is 2.31. The van der Waals surface area contributed by atoms with Crippen molar-refractivity contribution < 1.29 is 14.3 Å². The number of imidazole rings is 1. The summed E-state index contributed by atoms with van der Waals surface area (Å²) in [5, 5.41) is 7.92. The predicted octanol–water partition coefficient (Wildman–Crippen LogP) is 3.77. The quantitative estimate of drug-likeness (QED) is 0.378. The highest BCUT2D eigenvalue weighted by molar-refractivity contribution is 6.04. The fraction of sp³-hybridized carbons (Fsp3) is 0.160. The van der Waals surface area contributed by atoms with Gasteiger partial charge in [0.15, 0.2) is 5.78 Å². The lowest BCUT2D eigenvalue weighted by Crippen LogP contribution is -2.31. The van der Waals surface area contributed by atoms with Crippen LogP contribution in [0, 0.1) is 0 Å². The van der Waals surface area contributed by atoms with E-state index in [-0.39, 0.29) is 17.9 Å². The number of ether oxygens (including phenoxy) is 1. The molecule has 2 atom stereocenters. The molecule has 33 heavy (non-hydrogen) atoms. The van der Waals surface area contributed by atoms with E-state index in [2.05, 4.69) is 22.0 Å². The maximum atomic E-state index is 12.3. The van der Waals surface area contributed by atoms with Crippen LogP contribution >= 0.6 is 0 Å². The molecule has 166 valence electrons. The number of H-pyrrole nitrogens is 1. The number of ketones is 1. The van der Waals surface area contributed by atoms with Gasteiger partial charge in [0.05, 0.1) is 17.9 Å². The van der Waals surface area contributed by atoms with E-state index in [9.17, 15) is 9.59 Å². The molecular formula is C25H23N5O3. The van der Waals surface area contributed by atoms with Crippen molar-refractivity contribution in [2.45, 2.75) is 24.9 Å². The number of rotatable bonds is 7. The summed E-state index contributed by atoms with van der Waals surface area (Å²) in [6.45, 7) is 3.55. The number of fused-ring (bicyclic) bond motifs is 1. The van der Waals surface area contributed by atoms with E-state index < -0.39 is 5.91 Å². The molecule has 1 saturated heterocycles. The van der Waals surface area contributed by atoms with Crippen LogP contribution in [-0.2, 0) is 4.79 Å². The van der Waals surface area contributed by atoms with Crippen LogP contribution in [-0.4, -0.2) is 32.3 Å². The largest absolute Gasteiger partial charge is 0.457 e. The first-order chi connectivity index (χ1) is 16.0. The molecule has 5 rings (SSSR count). The molecular weight excluding hydrogens is 418 g/mol. The Morgan fingerprint density at radius 2 is 1.82 bits per heavy atom. The first-order valence-corrected chi connectivity index (χ1v) is 10.7. The monoisotopic (exact) mass is 441 g/mol. The van der Waals surface area contributed by atoms with Crippen molar-refractivity contribution in [2.24, 2.45) is 5.73 Å². The van der Waals surface area contributed by atoms with E-state index in [1.807, 2.05) is 60.8 Å². The summed E-state index contributed by atoms with van der Waals surface area (Å²) in [4.78, 5) is 27.5. The number of hydrogen-bond acceptors (Lipinski definition) is 5. The molecule has 2 aromatic heterocycles. The third-order valence-corrected chi connectivity index (χ3v) is 5.85. The summed E-state index contributed by atoms with van der Waals surface area (Å²) < 4.78 is 7.47. The lowest BCUT2D eigenvalue weighted by atomic mass is 10.1. The topological polar surface area (TPSA) is 115 Å². The standard InChI is InChI=1S/C25H23N5O3/c1-2-21(31)19-13-12-18(27-19)20-14-30-25(28-20)22(24(26)32)23(29-30)15-8-10-17(11-9-15)33-16-6-4-3-5-7-16/h2-11,14,18-19,27-28H,1,12-13H2,(H2,26,32). The Kier molecular flexibility index (Phi) is 5.27. The zero-order valence-corrected chi connectivity index (χ0v) is 17.8. The number of primary amides is 1. The Bertz CT molecular complexity index is 1340. The molecule has 3 heterocycles. The predicted molar refractivity (Wildman–Crippen MR) is 124 cm³/mol. The van der Waals surface area contributed by atoms with Gasteiger partial charge in [-0.3, -0.25) is 14.9 Å². The van der Waals surface area contributed by atoms with Crippen LogP contribution < -0.4 is 15.8 Å². The van der Waals surface area contributed by atoms with Gasteiger partial charge in [-0.15, -0.1) is 0 Å². The summed E-state index contributed by atoms with van der Waals surface area (Å²) in [5.74, 6) is 0.822. The van der Waals surface area contributed by atoms with Gasteiger partial charge < -0.3 is 15.5 Å². The summed E-state index contributed by atoms with van der Waals surface area (Å²) in [7, 11) is 0. The fourth-order valence-electron chi connectivity index (χ4n) is 4.22. The molecule has 1 aliphatic rings. The molecule has 0 spiro atoms. The van der Waals surface area contributed by atoms with Crippen molar-refractivity contribution in [1.82, 2.24) is 19.9 Å². The van der Waals surface area contributed by atoms with Crippen LogP contribution in [0.3, 0.4) is 0 Å². The summed E-state index contributed by atoms with van der Waals surface area (Å²) in [5.41, 5.74) is 8.65. The van der Waals surface area contributed by atoms with Crippen LogP contribution in [0.25, 0.3) is 16.9 Å². The molecule has 4 aromatic rings. The highest BCUT2D eigenvalue weighted by atomic mass is 16.5.